The van der Waals surface area contributed by atoms with Crippen LogP contribution in [0.5, 0.6) is 0 Å². The van der Waals surface area contributed by atoms with Crippen molar-refractivity contribution in [2.24, 2.45) is 0 Å². The van der Waals surface area contributed by atoms with Gasteiger partial charge >= 0.3 is 6.18 Å². The Hall–Kier alpha value is -1.17. The third kappa shape index (κ3) is 1.24. The van der Waals surface area contributed by atoms with E-state index in [0.29, 0.717) is 5.69 Å². The highest BCUT2D eigenvalue weighted by molar-refractivity contribution is 5.33. The summed E-state index contributed by atoms with van der Waals surface area (Å²) in [6, 6.07) is 0.154. The first-order valence-electron chi connectivity index (χ1n) is 4.76. The third-order valence-corrected chi connectivity index (χ3v) is 2.95. The second kappa shape index (κ2) is 2.69. The number of nitrogens with zero attached hydrogens (tertiary/aromatic N) is 2. The molecular weight excluding hydrogens is 207 g/mol. The van der Waals surface area contributed by atoms with Gasteiger partial charge in [0.05, 0.1) is 11.7 Å². The number of hydrogen-bond donors (Lipinski definition) is 1. The summed E-state index contributed by atoms with van der Waals surface area (Å²) in [4.78, 5) is 6.97. The molecule has 3 rings (SSSR count). The first kappa shape index (κ1) is 9.08. The Morgan fingerprint density at radius 3 is 2.73 bits per heavy atom. The van der Waals surface area contributed by atoms with E-state index >= 15 is 0 Å². The van der Waals surface area contributed by atoms with Gasteiger partial charge in [-0.25, -0.2) is 9.97 Å². The van der Waals surface area contributed by atoms with Gasteiger partial charge in [-0.05, 0) is 12.8 Å². The lowest BCUT2D eigenvalue weighted by Crippen LogP contribution is -2.14. The minimum absolute atomic E-state index is 0.00546. The van der Waals surface area contributed by atoms with Crippen molar-refractivity contribution < 1.29 is 13.2 Å². The molecule has 3 heterocycles. The molecule has 15 heavy (non-hydrogen) atoms. The van der Waals surface area contributed by atoms with E-state index in [-0.39, 0.29) is 12.1 Å². The van der Waals surface area contributed by atoms with E-state index in [0.717, 1.165) is 18.4 Å². The number of hydrogen-bond acceptors (Lipinski definition) is 3. The summed E-state index contributed by atoms with van der Waals surface area (Å²) in [7, 11) is 0. The average molecular weight is 215 g/mol. The molecule has 2 bridgehead atoms. The molecule has 0 aromatic carbocycles. The summed E-state index contributed by atoms with van der Waals surface area (Å²) < 4.78 is 37.1. The van der Waals surface area contributed by atoms with E-state index in [9.17, 15) is 13.2 Å². The second-order valence-corrected chi connectivity index (χ2v) is 3.88. The predicted molar refractivity (Wildman–Crippen MR) is 44.9 cm³/mol. The molecule has 0 saturated carbocycles. The molecule has 0 amide bonds. The maximum Gasteiger partial charge on any atom is 0.451 e. The van der Waals surface area contributed by atoms with Gasteiger partial charge in [-0.2, -0.15) is 13.2 Å². The molecule has 2 atom stereocenters. The molecular formula is C9H8F3N3. The minimum Gasteiger partial charge on any atom is -0.302 e. The Kier molecular flexibility index (Phi) is 1.63. The van der Waals surface area contributed by atoms with Crippen molar-refractivity contribution in [2.45, 2.75) is 31.1 Å². The maximum absolute atomic E-state index is 12.4. The number of fused-ring (bicyclic) bond motifs is 5. The number of nitrogens with one attached hydrogen (secondary N) is 1. The van der Waals surface area contributed by atoms with Crippen molar-refractivity contribution in [3.63, 3.8) is 0 Å². The number of halogens is 3. The van der Waals surface area contributed by atoms with Crippen LogP contribution in [0.3, 0.4) is 0 Å². The second-order valence-electron chi connectivity index (χ2n) is 3.88. The zero-order valence-electron chi connectivity index (χ0n) is 7.67. The van der Waals surface area contributed by atoms with Crippen LogP contribution in [0.15, 0.2) is 6.20 Å². The molecule has 1 aromatic heterocycles. The quantitative estimate of drug-likeness (QED) is 0.719. The Labute approximate surface area is 83.7 Å². The molecule has 0 radical (unpaired) electrons. The van der Waals surface area contributed by atoms with Crippen LogP contribution < -0.4 is 5.32 Å². The molecule has 80 valence electrons. The number of alkyl halides is 3. The van der Waals surface area contributed by atoms with Crippen LogP contribution in [-0.4, -0.2) is 9.97 Å². The number of aromatic nitrogens is 2. The lowest BCUT2D eigenvalue weighted by atomic mass is 9.97. The van der Waals surface area contributed by atoms with E-state index in [1.165, 1.54) is 6.20 Å². The lowest BCUT2D eigenvalue weighted by molar-refractivity contribution is -0.145. The molecule has 6 heteroatoms. The van der Waals surface area contributed by atoms with Gasteiger partial charge in [0.15, 0.2) is 0 Å². The topological polar surface area (TPSA) is 37.8 Å². The van der Waals surface area contributed by atoms with Crippen molar-refractivity contribution in [3.05, 3.63) is 23.3 Å². The molecule has 3 nitrogen and oxygen atoms in total. The summed E-state index contributed by atoms with van der Waals surface area (Å²) in [5.74, 6) is -1.03. The highest BCUT2D eigenvalue weighted by atomic mass is 19.4. The molecule has 2 unspecified atom stereocenters. The average Bonchev–Trinajstić information content (AvgIpc) is 2.76. The fraction of sp³-hybridized carbons (Fsp3) is 0.556. The molecule has 2 aliphatic heterocycles. The summed E-state index contributed by atoms with van der Waals surface area (Å²) in [5.41, 5.74) is 1.37. The third-order valence-electron chi connectivity index (χ3n) is 2.95. The van der Waals surface area contributed by atoms with Crippen molar-refractivity contribution in [1.82, 2.24) is 15.3 Å². The van der Waals surface area contributed by atoms with Gasteiger partial charge in [0, 0.05) is 17.8 Å². The molecule has 0 aliphatic carbocycles. The van der Waals surface area contributed by atoms with E-state index in [2.05, 4.69) is 15.3 Å². The lowest BCUT2D eigenvalue weighted by Gasteiger charge is -2.13. The Morgan fingerprint density at radius 2 is 2.00 bits per heavy atom. The normalized spacial score (nSPS) is 28.2. The smallest absolute Gasteiger partial charge is 0.302 e. The van der Waals surface area contributed by atoms with Gasteiger partial charge in [0.2, 0.25) is 5.82 Å². The Bertz CT molecular complexity index is 416. The van der Waals surface area contributed by atoms with Gasteiger partial charge in [0.25, 0.3) is 0 Å². The highest BCUT2D eigenvalue weighted by Crippen LogP contribution is 2.44. The number of rotatable bonds is 0. The van der Waals surface area contributed by atoms with Crippen molar-refractivity contribution >= 4 is 0 Å². The molecule has 1 aromatic rings. The van der Waals surface area contributed by atoms with Gasteiger partial charge in [-0.1, -0.05) is 0 Å². The largest absolute Gasteiger partial charge is 0.451 e. The Morgan fingerprint density at radius 1 is 1.27 bits per heavy atom. The SMILES string of the molecule is FC(F)(F)c1ncc2c(n1)C1CCC2N1. The zero-order valence-corrected chi connectivity index (χ0v) is 7.67. The summed E-state index contributed by atoms with van der Waals surface area (Å²) in [6.45, 7) is 0. The molecule has 1 saturated heterocycles. The Balaban J connectivity index is 2.08. The van der Waals surface area contributed by atoms with Crippen molar-refractivity contribution in [3.8, 4) is 0 Å². The van der Waals surface area contributed by atoms with Crippen molar-refractivity contribution in [2.75, 3.05) is 0 Å². The van der Waals surface area contributed by atoms with Gasteiger partial charge in [0.1, 0.15) is 0 Å². The summed E-state index contributed by atoms with van der Waals surface area (Å²) in [5, 5.41) is 3.20. The van der Waals surface area contributed by atoms with Crippen LogP contribution in [0.2, 0.25) is 0 Å². The molecule has 0 spiro atoms. The van der Waals surface area contributed by atoms with E-state index in [4.69, 9.17) is 0 Å². The predicted octanol–water partition coefficient (Wildman–Crippen LogP) is 1.97. The van der Waals surface area contributed by atoms with Crippen LogP contribution in [0, 0.1) is 0 Å². The maximum atomic E-state index is 12.4. The minimum atomic E-state index is -4.45. The van der Waals surface area contributed by atoms with Crippen LogP contribution >= 0.6 is 0 Å². The fourth-order valence-corrected chi connectivity index (χ4v) is 2.29. The van der Waals surface area contributed by atoms with Gasteiger partial charge in [-0.3, -0.25) is 0 Å². The van der Waals surface area contributed by atoms with Crippen LogP contribution in [0.1, 0.15) is 42.0 Å². The van der Waals surface area contributed by atoms with Gasteiger partial charge in [-0.15, -0.1) is 0 Å². The van der Waals surface area contributed by atoms with Gasteiger partial charge < -0.3 is 5.32 Å². The molecule has 1 fully saturated rings. The summed E-state index contributed by atoms with van der Waals surface area (Å²) >= 11 is 0. The monoisotopic (exact) mass is 215 g/mol. The van der Waals surface area contributed by atoms with Crippen LogP contribution in [-0.2, 0) is 6.18 Å². The standard InChI is InChI=1S/C9H8F3N3/c10-9(11,12)8-13-3-4-5-1-2-6(14-5)7(4)15-8/h3,5-6,14H,1-2H2. The first-order chi connectivity index (χ1) is 7.05. The van der Waals surface area contributed by atoms with Crippen LogP contribution in [0.4, 0.5) is 13.2 Å². The van der Waals surface area contributed by atoms with E-state index in [1.54, 1.807) is 0 Å². The van der Waals surface area contributed by atoms with E-state index in [1.807, 2.05) is 0 Å². The van der Waals surface area contributed by atoms with Crippen LogP contribution in [0.25, 0.3) is 0 Å². The highest BCUT2D eigenvalue weighted by Gasteiger charge is 2.41. The first-order valence-corrected chi connectivity index (χ1v) is 4.76. The fourth-order valence-electron chi connectivity index (χ4n) is 2.29. The van der Waals surface area contributed by atoms with E-state index < -0.39 is 12.0 Å². The molecule has 1 N–H and O–H groups in total. The summed E-state index contributed by atoms with van der Waals surface area (Å²) in [6.07, 6.45) is -1.31. The zero-order chi connectivity index (χ0) is 10.6. The molecule has 2 aliphatic rings. The van der Waals surface area contributed by atoms with Crippen molar-refractivity contribution in [1.29, 1.82) is 0 Å².